The van der Waals surface area contributed by atoms with Crippen molar-refractivity contribution in [3.05, 3.63) is 70.3 Å². The van der Waals surface area contributed by atoms with E-state index in [1.807, 2.05) is 30.0 Å². The van der Waals surface area contributed by atoms with Gasteiger partial charge in [0.1, 0.15) is 0 Å². The van der Waals surface area contributed by atoms with Gasteiger partial charge in [-0.05, 0) is 24.6 Å². The summed E-state index contributed by atoms with van der Waals surface area (Å²) in [4.78, 5) is 11.5. The molecule has 0 heterocycles. The molecule has 2 aromatic rings. The molecule has 0 saturated heterocycles. The number of benzene rings is 2. The van der Waals surface area contributed by atoms with Crippen molar-refractivity contribution in [2.24, 2.45) is 0 Å². The van der Waals surface area contributed by atoms with Crippen LogP contribution in [0.3, 0.4) is 0 Å². The minimum Gasteiger partial charge on any atom is -0.309 e. The third kappa shape index (κ3) is 4.88. The lowest BCUT2D eigenvalue weighted by atomic mass is 10.1. The van der Waals surface area contributed by atoms with E-state index in [0.717, 1.165) is 17.9 Å². The van der Waals surface area contributed by atoms with E-state index in [2.05, 4.69) is 24.4 Å². The third-order valence-electron chi connectivity index (χ3n) is 3.17. The SMILES string of the molecule is CC(NCCSc1ccccc1)c1ccc([N+](=O)[O-])cc1. The van der Waals surface area contributed by atoms with Crippen LogP contribution in [0.4, 0.5) is 5.69 Å². The number of non-ortho nitro benzene ring substituents is 1. The molecule has 0 fully saturated rings. The molecule has 0 radical (unpaired) electrons. The van der Waals surface area contributed by atoms with Crippen LogP contribution in [0.15, 0.2) is 59.5 Å². The largest absolute Gasteiger partial charge is 0.309 e. The number of nitro groups is 1. The number of nitro benzene ring substituents is 1. The average Bonchev–Trinajstić information content (AvgIpc) is 2.52. The molecule has 0 aromatic heterocycles. The maximum Gasteiger partial charge on any atom is 0.269 e. The molecule has 4 nitrogen and oxygen atoms in total. The Hall–Kier alpha value is -1.85. The molecule has 0 aliphatic carbocycles. The molecule has 2 rings (SSSR count). The summed E-state index contributed by atoms with van der Waals surface area (Å²) in [6.45, 7) is 2.95. The summed E-state index contributed by atoms with van der Waals surface area (Å²) in [7, 11) is 0. The maximum absolute atomic E-state index is 10.6. The van der Waals surface area contributed by atoms with Crippen molar-refractivity contribution >= 4 is 17.4 Å². The van der Waals surface area contributed by atoms with Crippen molar-refractivity contribution in [3.8, 4) is 0 Å². The minimum absolute atomic E-state index is 0.130. The summed E-state index contributed by atoms with van der Waals surface area (Å²) in [6.07, 6.45) is 0. The van der Waals surface area contributed by atoms with Gasteiger partial charge in [0.05, 0.1) is 4.92 Å². The first kappa shape index (κ1) is 15.5. The Bertz CT molecular complexity index is 573. The van der Waals surface area contributed by atoms with Crippen molar-refractivity contribution < 1.29 is 4.92 Å². The standard InChI is InChI=1S/C16H18N2O2S/c1-13(14-7-9-15(10-8-14)18(19)20)17-11-12-21-16-5-3-2-4-6-16/h2-10,13,17H,11-12H2,1H3. The fraction of sp³-hybridized carbons (Fsp3) is 0.250. The lowest BCUT2D eigenvalue weighted by Gasteiger charge is -2.13. The second kappa shape index (κ2) is 7.81. The van der Waals surface area contributed by atoms with E-state index in [-0.39, 0.29) is 16.7 Å². The normalized spacial score (nSPS) is 12.0. The first-order chi connectivity index (χ1) is 10.2. The van der Waals surface area contributed by atoms with Crippen LogP contribution in [0, 0.1) is 10.1 Å². The summed E-state index contributed by atoms with van der Waals surface area (Å²) in [5.41, 5.74) is 1.19. The van der Waals surface area contributed by atoms with Crippen LogP contribution in [0.1, 0.15) is 18.5 Å². The highest BCUT2D eigenvalue weighted by molar-refractivity contribution is 7.99. The smallest absolute Gasteiger partial charge is 0.269 e. The second-order valence-corrected chi connectivity index (χ2v) is 5.85. The van der Waals surface area contributed by atoms with Crippen molar-refractivity contribution in [3.63, 3.8) is 0 Å². The number of hydrogen-bond donors (Lipinski definition) is 1. The second-order valence-electron chi connectivity index (χ2n) is 4.69. The number of nitrogens with one attached hydrogen (secondary N) is 1. The van der Waals surface area contributed by atoms with Crippen molar-refractivity contribution in [2.75, 3.05) is 12.3 Å². The molecule has 0 spiro atoms. The van der Waals surface area contributed by atoms with E-state index in [9.17, 15) is 10.1 Å². The van der Waals surface area contributed by atoms with Gasteiger partial charge in [-0.25, -0.2) is 0 Å². The Morgan fingerprint density at radius 2 is 1.81 bits per heavy atom. The zero-order valence-corrected chi connectivity index (χ0v) is 12.7. The van der Waals surface area contributed by atoms with E-state index in [0.29, 0.717) is 0 Å². The molecule has 0 saturated carbocycles. The zero-order valence-electron chi connectivity index (χ0n) is 11.9. The van der Waals surface area contributed by atoms with Crippen LogP contribution in [-0.2, 0) is 0 Å². The van der Waals surface area contributed by atoms with Gasteiger partial charge in [0, 0.05) is 35.4 Å². The topological polar surface area (TPSA) is 55.2 Å². The first-order valence-electron chi connectivity index (χ1n) is 6.82. The summed E-state index contributed by atoms with van der Waals surface area (Å²) >= 11 is 1.81. The maximum atomic E-state index is 10.6. The molecule has 0 bridgehead atoms. The van der Waals surface area contributed by atoms with Gasteiger partial charge >= 0.3 is 0 Å². The molecule has 1 unspecified atom stereocenters. The lowest BCUT2D eigenvalue weighted by molar-refractivity contribution is -0.384. The van der Waals surface area contributed by atoms with Gasteiger partial charge in [-0.3, -0.25) is 10.1 Å². The van der Waals surface area contributed by atoms with Gasteiger partial charge < -0.3 is 5.32 Å². The molecular formula is C16H18N2O2S. The van der Waals surface area contributed by atoms with Crippen LogP contribution in [0.5, 0.6) is 0 Å². The van der Waals surface area contributed by atoms with Crippen molar-refractivity contribution in [1.82, 2.24) is 5.32 Å². The molecule has 0 amide bonds. The Kier molecular flexibility index (Phi) is 5.78. The fourth-order valence-electron chi connectivity index (χ4n) is 1.96. The Morgan fingerprint density at radius 1 is 1.14 bits per heavy atom. The lowest BCUT2D eigenvalue weighted by Crippen LogP contribution is -2.21. The van der Waals surface area contributed by atoms with Gasteiger partial charge in [-0.1, -0.05) is 30.3 Å². The predicted octanol–water partition coefficient (Wildman–Crippen LogP) is 4.04. The molecule has 1 N–H and O–H groups in total. The number of hydrogen-bond acceptors (Lipinski definition) is 4. The molecule has 1 atom stereocenters. The summed E-state index contributed by atoms with van der Waals surface area (Å²) in [6, 6.07) is 17.2. The van der Waals surface area contributed by atoms with Crippen LogP contribution < -0.4 is 5.32 Å². The van der Waals surface area contributed by atoms with Gasteiger partial charge in [0.15, 0.2) is 0 Å². The third-order valence-corrected chi connectivity index (χ3v) is 4.18. The van der Waals surface area contributed by atoms with Crippen molar-refractivity contribution in [2.45, 2.75) is 17.9 Å². The molecule has 2 aromatic carbocycles. The minimum atomic E-state index is -0.377. The van der Waals surface area contributed by atoms with Crippen LogP contribution in [0.2, 0.25) is 0 Å². The zero-order chi connectivity index (χ0) is 15.1. The summed E-state index contributed by atoms with van der Waals surface area (Å²) in [5, 5.41) is 14.0. The van der Waals surface area contributed by atoms with Crippen LogP contribution >= 0.6 is 11.8 Å². The van der Waals surface area contributed by atoms with Gasteiger partial charge in [-0.2, -0.15) is 0 Å². The highest BCUT2D eigenvalue weighted by atomic mass is 32.2. The van der Waals surface area contributed by atoms with Crippen molar-refractivity contribution in [1.29, 1.82) is 0 Å². The Morgan fingerprint density at radius 3 is 2.43 bits per heavy atom. The number of nitrogens with zero attached hydrogens (tertiary/aromatic N) is 1. The van der Waals surface area contributed by atoms with Gasteiger partial charge in [-0.15, -0.1) is 11.8 Å². The van der Waals surface area contributed by atoms with E-state index < -0.39 is 0 Å². The van der Waals surface area contributed by atoms with Gasteiger partial charge in [0.25, 0.3) is 5.69 Å². The molecule has 5 heteroatoms. The van der Waals surface area contributed by atoms with Gasteiger partial charge in [0.2, 0.25) is 0 Å². The van der Waals surface area contributed by atoms with E-state index >= 15 is 0 Å². The van der Waals surface area contributed by atoms with Crippen LogP contribution in [-0.4, -0.2) is 17.2 Å². The highest BCUT2D eigenvalue weighted by Crippen LogP contribution is 2.19. The molecular weight excluding hydrogens is 284 g/mol. The fourth-order valence-corrected chi connectivity index (χ4v) is 2.77. The molecule has 0 aliphatic rings. The number of thioether (sulfide) groups is 1. The Balaban J connectivity index is 1.76. The average molecular weight is 302 g/mol. The first-order valence-corrected chi connectivity index (χ1v) is 7.81. The van der Waals surface area contributed by atoms with E-state index in [1.165, 1.54) is 4.90 Å². The highest BCUT2D eigenvalue weighted by Gasteiger charge is 2.08. The predicted molar refractivity (Wildman–Crippen MR) is 86.7 cm³/mol. The molecule has 110 valence electrons. The molecule has 21 heavy (non-hydrogen) atoms. The summed E-state index contributed by atoms with van der Waals surface area (Å²) < 4.78 is 0. The van der Waals surface area contributed by atoms with Crippen LogP contribution in [0.25, 0.3) is 0 Å². The van der Waals surface area contributed by atoms with E-state index in [1.54, 1.807) is 24.3 Å². The molecule has 0 aliphatic heterocycles. The summed E-state index contributed by atoms with van der Waals surface area (Å²) in [5.74, 6) is 0.987. The Labute approximate surface area is 128 Å². The van der Waals surface area contributed by atoms with E-state index in [4.69, 9.17) is 0 Å². The monoisotopic (exact) mass is 302 g/mol. The number of rotatable bonds is 7. The quantitative estimate of drug-likeness (QED) is 0.363.